The van der Waals surface area contributed by atoms with E-state index in [1.165, 1.54) is 23.1 Å². The van der Waals surface area contributed by atoms with Crippen molar-refractivity contribution in [1.82, 2.24) is 15.2 Å². The number of aromatic nitrogens is 1. The largest absolute Gasteiger partial charge is 0.472 e. The van der Waals surface area contributed by atoms with E-state index < -0.39 is 65.2 Å². The van der Waals surface area contributed by atoms with E-state index in [0.29, 0.717) is 31.1 Å². The van der Waals surface area contributed by atoms with Gasteiger partial charge in [0, 0.05) is 30.2 Å². The Morgan fingerprint density at radius 2 is 1.89 bits per heavy atom. The fourth-order valence-corrected chi connectivity index (χ4v) is 6.47. The molecule has 2 aliphatic heterocycles. The third-order valence-electron chi connectivity index (χ3n) is 9.11. The Hall–Kier alpha value is -3.37. The summed E-state index contributed by atoms with van der Waals surface area (Å²) >= 11 is 0. The zero-order chi connectivity index (χ0) is 32.0. The highest BCUT2D eigenvalue weighted by molar-refractivity contribution is 5.93. The van der Waals surface area contributed by atoms with Crippen LogP contribution in [-0.4, -0.2) is 58.5 Å². The van der Waals surface area contributed by atoms with Crippen LogP contribution in [0.25, 0.3) is 10.9 Å². The fraction of sp³-hybridized carbons (Fsp3) is 0.636. The van der Waals surface area contributed by atoms with Crippen molar-refractivity contribution in [3.63, 3.8) is 0 Å². The molecular weight excluding hydrogens is 575 g/mol. The van der Waals surface area contributed by atoms with E-state index in [2.05, 4.69) is 10.3 Å². The molecule has 240 valence electrons. The van der Waals surface area contributed by atoms with Crippen molar-refractivity contribution in [3.8, 4) is 5.88 Å². The molecule has 1 N–H and O–H groups in total. The topological polar surface area (TPSA) is 97.8 Å². The van der Waals surface area contributed by atoms with Gasteiger partial charge in [-0.3, -0.25) is 9.59 Å². The molecule has 1 saturated carbocycles. The van der Waals surface area contributed by atoms with Crippen molar-refractivity contribution in [2.45, 2.75) is 110 Å². The van der Waals surface area contributed by atoms with Crippen LogP contribution in [-0.2, 0) is 20.2 Å². The van der Waals surface area contributed by atoms with Gasteiger partial charge >= 0.3 is 6.09 Å². The minimum absolute atomic E-state index is 0.0735. The van der Waals surface area contributed by atoms with Crippen molar-refractivity contribution < 1.29 is 37.0 Å². The second kappa shape index (κ2) is 12.2. The van der Waals surface area contributed by atoms with Crippen molar-refractivity contribution in [3.05, 3.63) is 35.6 Å². The molecule has 1 aromatic heterocycles. The predicted octanol–water partition coefficient (Wildman–Crippen LogP) is 6.53. The number of carbonyl (C=O) groups is 3. The van der Waals surface area contributed by atoms with Crippen LogP contribution in [0.1, 0.15) is 85.1 Å². The van der Waals surface area contributed by atoms with Crippen LogP contribution >= 0.6 is 0 Å². The Labute approximate surface area is 256 Å². The minimum Gasteiger partial charge on any atom is -0.472 e. The lowest BCUT2D eigenvalue weighted by Gasteiger charge is -2.35. The SMILES string of the molecule is CCCC(=O)[C@@H]1C(C)[C@@H]2CN1C(=O)[C@H](C(C)(C)C)NC(=O)O[C@@H]1C[C@H]1CCCCC(F)(F)c1cc3ccc(F)cc3nc1O2. The molecule has 3 heterocycles. The van der Waals surface area contributed by atoms with E-state index in [1.54, 1.807) is 6.92 Å². The number of fused-ring (bicyclic) bond motifs is 5. The number of ketones is 1. The summed E-state index contributed by atoms with van der Waals surface area (Å²) in [5.41, 5.74) is -0.979. The van der Waals surface area contributed by atoms with Crippen LogP contribution in [0.4, 0.5) is 18.0 Å². The number of carbonyl (C=O) groups excluding carboxylic acids is 3. The summed E-state index contributed by atoms with van der Waals surface area (Å²) in [7, 11) is 0. The van der Waals surface area contributed by atoms with E-state index in [4.69, 9.17) is 9.47 Å². The first-order valence-corrected chi connectivity index (χ1v) is 15.6. The van der Waals surface area contributed by atoms with E-state index in [-0.39, 0.29) is 48.6 Å². The van der Waals surface area contributed by atoms with E-state index >= 15 is 8.78 Å². The molecule has 1 aliphatic carbocycles. The summed E-state index contributed by atoms with van der Waals surface area (Å²) in [5, 5.41) is 3.11. The highest BCUT2D eigenvalue weighted by atomic mass is 19.3. The molecular formula is C33H42F3N3O5. The van der Waals surface area contributed by atoms with E-state index in [0.717, 1.165) is 6.07 Å². The highest BCUT2D eigenvalue weighted by Crippen LogP contribution is 2.43. The number of alkyl carbamates (subject to hydrolysis) is 1. The molecule has 2 fully saturated rings. The normalized spacial score (nSPS) is 29.4. The molecule has 0 radical (unpaired) electrons. The third-order valence-corrected chi connectivity index (χ3v) is 9.11. The summed E-state index contributed by atoms with van der Waals surface area (Å²) in [5.74, 6) is -5.36. The van der Waals surface area contributed by atoms with Crippen LogP contribution in [0.5, 0.6) is 5.88 Å². The molecule has 6 atom stereocenters. The lowest BCUT2D eigenvalue weighted by Crippen LogP contribution is -2.57. The van der Waals surface area contributed by atoms with Crippen molar-refractivity contribution in [2.24, 2.45) is 17.3 Å². The molecule has 1 aromatic carbocycles. The molecule has 2 amide bonds. The number of amides is 2. The number of rotatable bonds is 3. The number of hydrogen-bond acceptors (Lipinski definition) is 6. The summed E-state index contributed by atoms with van der Waals surface area (Å²) in [6.07, 6.45) is 0.415. The van der Waals surface area contributed by atoms with Crippen LogP contribution in [0, 0.1) is 23.1 Å². The number of nitrogens with zero attached hydrogens (tertiary/aromatic N) is 2. The maximum absolute atomic E-state index is 15.9. The Balaban J connectivity index is 1.58. The number of benzene rings is 1. The van der Waals surface area contributed by atoms with Crippen LogP contribution in [0.15, 0.2) is 24.3 Å². The van der Waals surface area contributed by atoms with Gasteiger partial charge in [0.25, 0.3) is 5.92 Å². The van der Waals surface area contributed by atoms with Gasteiger partial charge in [-0.15, -0.1) is 0 Å². The highest BCUT2D eigenvalue weighted by Gasteiger charge is 2.50. The molecule has 5 rings (SSSR count). The monoisotopic (exact) mass is 617 g/mol. The van der Waals surface area contributed by atoms with Gasteiger partial charge in [-0.2, -0.15) is 0 Å². The van der Waals surface area contributed by atoms with Gasteiger partial charge in [0.15, 0.2) is 5.78 Å². The zero-order valence-corrected chi connectivity index (χ0v) is 26.0. The minimum atomic E-state index is -3.30. The smallest absolute Gasteiger partial charge is 0.408 e. The van der Waals surface area contributed by atoms with Crippen molar-refractivity contribution >= 4 is 28.7 Å². The molecule has 0 spiro atoms. The maximum atomic E-state index is 15.9. The van der Waals surface area contributed by atoms with E-state index in [1.807, 2.05) is 27.7 Å². The first-order chi connectivity index (χ1) is 20.7. The number of hydrogen-bond donors (Lipinski definition) is 1. The third kappa shape index (κ3) is 6.66. The van der Waals surface area contributed by atoms with Crippen LogP contribution in [0.3, 0.4) is 0 Å². The molecule has 44 heavy (non-hydrogen) atoms. The number of Topliss-reactive ketones (excluding diaryl/α,β-unsaturated/α-hetero) is 1. The first kappa shape index (κ1) is 32.0. The van der Waals surface area contributed by atoms with Gasteiger partial charge in [-0.25, -0.2) is 22.9 Å². The average molecular weight is 618 g/mol. The van der Waals surface area contributed by atoms with Gasteiger partial charge in [-0.1, -0.05) is 41.0 Å². The number of ether oxygens (including phenoxy) is 2. The molecule has 2 bridgehead atoms. The Kier molecular flexibility index (Phi) is 8.88. The average Bonchev–Trinajstić information content (AvgIpc) is 3.59. The quantitative estimate of drug-likeness (QED) is 0.421. The van der Waals surface area contributed by atoms with Crippen molar-refractivity contribution in [1.29, 1.82) is 0 Å². The van der Waals surface area contributed by atoms with Gasteiger partial charge in [0.1, 0.15) is 24.1 Å². The first-order valence-electron chi connectivity index (χ1n) is 15.6. The van der Waals surface area contributed by atoms with Gasteiger partial charge in [-0.05, 0) is 55.2 Å². The molecule has 1 saturated heterocycles. The summed E-state index contributed by atoms with van der Waals surface area (Å²) in [4.78, 5) is 46.3. The fourth-order valence-electron chi connectivity index (χ4n) is 6.47. The summed E-state index contributed by atoms with van der Waals surface area (Å²) in [6.45, 7) is 8.96. The van der Waals surface area contributed by atoms with E-state index in [9.17, 15) is 18.8 Å². The lowest BCUT2D eigenvalue weighted by atomic mass is 9.85. The van der Waals surface area contributed by atoms with Crippen LogP contribution < -0.4 is 10.1 Å². The van der Waals surface area contributed by atoms with Crippen LogP contribution in [0.2, 0.25) is 0 Å². The number of alkyl halides is 2. The molecule has 3 aliphatic rings. The zero-order valence-electron chi connectivity index (χ0n) is 26.0. The van der Waals surface area contributed by atoms with Crippen molar-refractivity contribution in [2.75, 3.05) is 6.54 Å². The summed E-state index contributed by atoms with van der Waals surface area (Å²) in [6, 6.07) is 3.15. The maximum Gasteiger partial charge on any atom is 0.408 e. The summed E-state index contributed by atoms with van der Waals surface area (Å²) < 4.78 is 57.7. The molecule has 2 aromatic rings. The van der Waals surface area contributed by atoms with Gasteiger partial charge < -0.3 is 19.7 Å². The number of nitrogens with one attached hydrogen (secondary N) is 1. The predicted molar refractivity (Wildman–Crippen MR) is 158 cm³/mol. The molecule has 1 unspecified atom stereocenters. The second-order valence-corrected chi connectivity index (χ2v) is 13.7. The lowest BCUT2D eigenvalue weighted by molar-refractivity contribution is -0.142. The molecule has 11 heteroatoms. The molecule has 8 nitrogen and oxygen atoms in total. The number of halogens is 3. The second-order valence-electron chi connectivity index (χ2n) is 13.7. The van der Waals surface area contributed by atoms with Gasteiger partial charge in [0.05, 0.1) is 23.7 Å². The Bertz CT molecular complexity index is 1430. The number of pyridine rings is 1. The van der Waals surface area contributed by atoms with Gasteiger partial charge in [0.2, 0.25) is 11.8 Å². The standard InChI is InChI=1S/C33H42F3N3O5/c1-6-9-24(40)27-18(2)26-17-39(27)30(41)28(32(3,4)5)38-31(42)44-25-15-20(25)10-7-8-13-33(35,36)22-14-19-11-12-21(34)16-23(19)37-29(22)43-26/h11-12,14,16,18,20,25-28H,6-10,13,15,17H2,1-5H3,(H,38,42)/t18?,20-,25-,26+,27+,28-/m1/s1. The Morgan fingerprint density at radius 3 is 2.59 bits per heavy atom. The Morgan fingerprint density at radius 1 is 1.14 bits per heavy atom.